The summed E-state index contributed by atoms with van der Waals surface area (Å²) in [4.78, 5) is 5.25. The van der Waals surface area contributed by atoms with Crippen molar-refractivity contribution in [1.29, 1.82) is 0 Å². The summed E-state index contributed by atoms with van der Waals surface area (Å²) >= 11 is 1.91. The molecule has 11 rings (SSSR count). The second-order valence-electron chi connectivity index (χ2n) is 14.6. The monoisotopic (exact) mass is 715 g/mol. The van der Waals surface area contributed by atoms with Gasteiger partial charge in [-0.3, -0.25) is 5.32 Å². The third-order valence-electron chi connectivity index (χ3n) is 11.4. The molecule has 8 aromatic rings. The summed E-state index contributed by atoms with van der Waals surface area (Å²) in [5.74, 6) is 1.25. The van der Waals surface area contributed by atoms with Crippen LogP contribution in [0, 0.1) is 5.92 Å². The lowest BCUT2D eigenvalue weighted by molar-refractivity contribution is 0.328. The minimum Gasteiger partial charge on any atom is -0.456 e. The number of benzene rings is 6. The number of amidine groups is 1. The molecule has 3 heterocycles. The number of hydrogen-bond acceptors (Lipinski definition) is 5. The third-order valence-corrected chi connectivity index (χ3v) is 12.7. The largest absolute Gasteiger partial charge is 0.456 e. The lowest BCUT2D eigenvalue weighted by atomic mass is 9.94. The van der Waals surface area contributed by atoms with Gasteiger partial charge in [-0.05, 0) is 64.4 Å². The summed E-state index contributed by atoms with van der Waals surface area (Å²) in [5.41, 5.74) is 9.27. The second kappa shape index (κ2) is 12.8. The highest BCUT2D eigenvalue weighted by Gasteiger charge is 2.29. The van der Waals surface area contributed by atoms with Crippen molar-refractivity contribution in [2.24, 2.45) is 10.9 Å². The first-order valence-electron chi connectivity index (χ1n) is 18.9. The number of furan rings is 1. The van der Waals surface area contributed by atoms with Crippen molar-refractivity contribution in [3.05, 3.63) is 179 Å². The zero-order valence-electron chi connectivity index (χ0n) is 29.6. The summed E-state index contributed by atoms with van der Waals surface area (Å²) in [7, 11) is 0. The Morgan fingerprint density at radius 3 is 2.35 bits per heavy atom. The number of nitrogens with zero attached hydrogens (tertiary/aromatic N) is 1. The molecular formula is C49H37N3OS. The SMILES string of the molecule is C1=CCC(C2NC(c3ccccc3)=NC(c3cccc(-c4cccc5c4sc4c(C6=c7oc8ccc9ccccc9c8c7=CCC6)cccc45)c3)N2)C=C1. The first kappa shape index (κ1) is 31.5. The molecule has 4 nitrogen and oxygen atoms in total. The van der Waals surface area contributed by atoms with Crippen LogP contribution in [0.2, 0.25) is 0 Å². The fourth-order valence-electron chi connectivity index (χ4n) is 8.77. The van der Waals surface area contributed by atoms with Crippen molar-refractivity contribution in [3.63, 3.8) is 0 Å². The van der Waals surface area contributed by atoms with Gasteiger partial charge in [0.05, 0.1) is 6.17 Å². The number of hydrogen-bond donors (Lipinski definition) is 2. The molecular weight excluding hydrogens is 679 g/mol. The molecule has 3 aliphatic rings. The van der Waals surface area contributed by atoms with E-state index in [4.69, 9.17) is 9.41 Å². The highest BCUT2D eigenvalue weighted by molar-refractivity contribution is 7.26. The van der Waals surface area contributed by atoms with E-state index in [1.165, 1.54) is 63.8 Å². The van der Waals surface area contributed by atoms with Crippen LogP contribution >= 0.6 is 11.3 Å². The van der Waals surface area contributed by atoms with Gasteiger partial charge in [-0.1, -0.05) is 146 Å². The van der Waals surface area contributed by atoms with E-state index in [9.17, 15) is 0 Å². The predicted octanol–water partition coefficient (Wildman–Crippen LogP) is 10.5. The maximum Gasteiger partial charge on any atom is 0.138 e. The first-order valence-corrected chi connectivity index (χ1v) is 19.8. The van der Waals surface area contributed by atoms with E-state index < -0.39 is 0 Å². The quantitative estimate of drug-likeness (QED) is 0.187. The van der Waals surface area contributed by atoms with Crippen LogP contribution in [0.25, 0.3) is 64.7 Å². The van der Waals surface area contributed by atoms with Crippen molar-refractivity contribution in [2.75, 3.05) is 0 Å². The molecule has 3 atom stereocenters. The molecule has 0 saturated carbocycles. The lowest BCUT2D eigenvalue weighted by Gasteiger charge is -2.36. The molecule has 2 aliphatic carbocycles. The molecule has 260 valence electrons. The van der Waals surface area contributed by atoms with E-state index >= 15 is 0 Å². The van der Waals surface area contributed by atoms with E-state index in [1.54, 1.807) is 0 Å². The zero-order valence-corrected chi connectivity index (χ0v) is 30.4. The molecule has 54 heavy (non-hydrogen) atoms. The normalized spacial score (nSPS) is 19.6. The molecule has 2 aromatic heterocycles. The summed E-state index contributed by atoms with van der Waals surface area (Å²) in [6.07, 6.45) is 14.0. The molecule has 0 amide bonds. The van der Waals surface area contributed by atoms with E-state index in [1.807, 2.05) is 11.3 Å². The van der Waals surface area contributed by atoms with Gasteiger partial charge in [0.25, 0.3) is 0 Å². The highest BCUT2D eigenvalue weighted by atomic mass is 32.1. The minimum absolute atomic E-state index is 0.0536. The summed E-state index contributed by atoms with van der Waals surface area (Å²) in [5, 5.41) is 15.1. The van der Waals surface area contributed by atoms with E-state index in [-0.39, 0.29) is 12.3 Å². The average molecular weight is 716 g/mol. The number of aliphatic imine (C=N–C) groups is 1. The van der Waals surface area contributed by atoms with Gasteiger partial charge >= 0.3 is 0 Å². The van der Waals surface area contributed by atoms with Crippen molar-refractivity contribution in [3.8, 4) is 11.1 Å². The van der Waals surface area contributed by atoms with Crippen molar-refractivity contribution in [1.82, 2.24) is 10.6 Å². The van der Waals surface area contributed by atoms with Gasteiger partial charge in [-0.25, -0.2) is 4.99 Å². The van der Waals surface area contributed by atoms with Gasteiger partial charge in [0.15, 0.2) is 0 Å². The fraction of sp³-hybridized carbons (Fsp3) is 0.122. The Kier molecular flexibility index (Phi) is 7.49. The Morgan fingerprint density at radius 2 is 1.48 bits per heavy atom. The number of rotatable bonds is 5. The lowest BCUT2D eigenvalue weighted by Crippen LogP contribution is -2.54. The van der Waals surface area contributed by atoms with Crippen LogP contribution in [-0.4, -0.2) is 12.0 Å². The summed E-state index contributed by atoms with van der Waals surface area (Å²) in [6, 6.07) is 46.0. The minimum atomic E-state index is -0.187. The summed E-state index contributed by atoms with van der Waals surface area (Å²) < 4.78 is 9.37. The molecule has 0 fully saturated rings. The predicted molar refractivity (Wildman–Crippen MR) is 226 cm³/mol. The van der Waals surface area contributed by atoms with Gasteiger partial charge < -0.3 is 9.73 Å². The van der Waals surface area contributed by atoms with E-state index in [2.05, 4.69) is 168 Å². The number of allylic oxidation sites excluding steroid dienone is 3. The van der Waals surface area contributed by atoms with Gasteiger partial charge in [0.2, 0.25) is 0 Å². The molecule has 6 aromatic carbocycles. The van der Waals surface area contributed by atoms with Crippen LogP contribution in [0.1, 0.15) is 42.1 Å². The maximum atomic E-state index is 6.74. The van der Waals surface area contributed by atoms with Gasteiger partial charge in [0, 0.05) is 47.8 Å². The van der Waals surface area contributed by atoms with E-state index in [0.717, 1.165) is 47.2 Å². The van der Waals surface area contributed by atoms with Crippen molar-refractivity contribution >= 4 is 70.7 Å². The molecule has 0 bridgehead atoms. The Morgan fingerprint density at radius 1 is 0.704 bits per heavy atom. The zero-order chi connectivity index (χ0) is 35.6. The first-order chi connectivity index (χ1) is 26.8. The molecule has 5 heteroatoms. The second-order valence-corrected chi connectivity index (χ2v) is 15.6. The Labute approximate surface area is 317 Å². The van der Waals surface area contributed by atoms with Crippen LogP contribution in [0.4, 0.5) is 0 Å². The van der Waals surface area contributed by atoms with Crippen molar-refractivity contribution < 1.29 is 4.42 Å². The number of nitrogens with one attached hydrogen (secondary N) is 2. The maximum absolute atomic E-state index is 6.74. The van der Waals surface area contributed by atoms with Gasteiger partial charge in [0.1, 0.15) is 23.0 Å². The molecule has 0 spiro atoms. The molecule has 2 N–H and O–H groups in total. The Balaban J connectivity index is 1.03. The van der Waals surface area contributed by atoms with E-state index in [0.29, 0.717) is 5.92 Å². The highest BCUT2D eigenvalue weighted by Crippen LogP contribution is 2.43. The Bertz CT molecular complexity index is 3000. The molecule has 0 saturated heterocycles. The average Bonchev–Trinajstić information content (AvgIpc) is 3.83. The fourth-order valence-corrected chi connectivity index (χ4v) is 10.1. The van der Waals surface area contributed by atoms with Crippen LogP contribution in [0.3, 0.4) is 0 Å². The molecule has 1 aliphatic heterocycles. The van der Waals surface area contributed by atoms with Crippen LogP contribution in [0.5, 0.6) is 0 Å². The molecule has 3 unspecified atom stereocenters. The molecule has 0 radical (unpaired) electrons. The van der Waals surface area contributed by atoms with Crippen LogP contribution in [-0.2, 0) is 0 Å². The van der Waals surface area contributed by atoms with Gasteiger partial charge in [-0.2, -0.15) is 0 Å². The standard InChI is InChI=1S/C49H37N3OS/c1-3-14-31(15-4-1)47-50-48(32-16-5-2-6-17-32)52-49(51-47)34-19-9-18-33(29-34)36-21-10-24-39-40-25-12-23-38(46(40)54-45(36)39)37-22-11-26-41-43-35-20-8-7-13-30(35)27-28-42(43)53-44(37)41/h1-10,12-16,18-21,23-29,32,48-49,52H,11,17,22H2,(H,50,51). The third kappa shape index (κ3) is 5.19. The summed E-state index contributed by atoms with van der Waals surface area (Å²) in [6.45, 7) is 0. The Hall–Kier alpha value is -6.01. The van der Waals surface area contributed by atoms with Crippen molar-refractivity contribution in [2.45, 2.75) is 31.6 Å². The van der Waals surface area contributed by atoms with Crippen LogP contribution < -0.4 is 21.3 Å². The number of fused-ring (bicyclic) bond motifs is 8. The number of thiophene rings is 1. The van der Waals surface area contributed by atoms with Crippen LogP contribution in [0.15, 0.2) is 161 Å². The van der Waals surface area contributed by atoms with Gasteiger partial charge in [-0.15, -0.1) is 11.3 Å². The topological polar surface area (TPSA) is 49.6 Å². The smallest absolute Gasteiger partial charge is 0.138 e.